The lowest BCUT2D eigenvalue weighted by Crippen LogP contribution is -3.14. The first-order valence-corrected chi connectivity index (χ1v) is 8.72. The maximum Gasteiger partial charge on any atom is 0.278 e. The summed E-state index contributed by atoms with van der Waals surface area (Å²) in [4.78, 5) is 16.1. The number of ether oxygens (including phenoxy) is 1. The molecular formula is C16H33N3O2+2. The molecule has 0 spiro atoms. The van der Waals surface area contributed by atoms with E-state index in [-0.39, 0.29) is 0 Å². The Labute approximate surface area is 129 Å². The zero-order chi connectivity index (χ0) is 15.1. The molecule has 0 aromatic rings. The Morgan fingerprint density at radius 3 is 2.57 bits per heavy atom. The predicted molar refractivity (Wildman–Crippen MR) is 82.3 cm³/mol. The van der Waals surface area contributed by atoms with E-state index in [1.165, 1.54) is 19.4 Å². The van der Waals surface area contributed by atoms with Crippen molar-refractivity contribution in [3.05, 3.63) is 0 Å². The van der Waals surface area contributed by atoms with Gasteiger partial charge in [-0.1, -0.05) is 0 Å². The van der Waals surface area contributed by atoms with Gasteiger partial charge in [0.15, 0.2) is 6.54 Å². The van der Waals surface area contributed by atoms with Crippen molar-refractivity contribution in [1.29, 1.82) is 0 Å². The summed E-state index contributed by atoms with van der Waals surface area (Å²) < 4.78 is 5.37. The highest BCUT2D eigenvalue weighted by molar-refractivity contribution is 5.77. The first-order chi connectivity index (χ1) is 10.2. The van der Waals surface area contributed by atoms with Crippen molar-refractivity contribution < 1.29 is 19.7 Å². The van der Waals surface area contributed by atoms with E-state index < -0.39 is 0 Å². The van der Waals surface area contributed by atoms with Gasteiger partial charge >= 0.3 is 0 Å². The Kier molecular flexibility index (Phi) is 6.93. The lowest BCUT2D eigenvalue weighted by atomic mass is 9.97. The third-order valence-electron chi connectivity index (χ3n) is 4.94. The van der Waals surface area contributed by atoms with Crippen molar-refractivity contribution in [2.45, 2.75) is 51.6 Å². The number of nitrogens with one attached hydrogen (secondary N) is 1. The second kappa shape index (κ2) is 8.71. The number of carbonyl (C=O) groups excluding carboxylic acids is 1. The predicted octanol–water partition coefficient (Wildman–Crippen LogP) is -1.36. The van der Waals surface area contributed by atoms with Gasteiger partial charge in [0.2, 0.25) is 0 Å². The zero-order valence-electron chi connectivity index (χ0n) is 13.8. The standard InChI is InChI=1S/C16H31N3O2/c1-14-5-3-6-15(2)19(14)16(20)13-17-7-4-8-18-9-11-21-12-10-18/h14-15,17H,3-13H2,1-2H3/p+2/t14-,15-/m0/s1. The van der Waals surface area contributed by atoms with E-state index >= 15 is 0 Å². The number of piperidine rings is 1. The second-order valence-corrected chi connectivity index (χ2v) is 6.68. The van der Waals surface area contributed by atoms with Crippen LogP contribution in [0.1, 0.15) is 39.5 Å². The van der Waals surface area contributed by atoms with Crippen molar-refractivity contribution in [1.82, 2.24) is 4.90 Å². The third-order valence-corrected chi connectivity index (χ3v) is 4.94. The molecule has 2 fully saturated rings. The number of hydrogen-bond donors (Lipinski definition) is 2. The van der Waals surface area contributed by atoms with E-state index in [1.54, 1.807) is 4.90 Å². The van der Waals surface area contributed by atoms with Crippen molar-refractivity contribution in [3.63, 3.8) is 0 Å². The molecule has 3 N–H and O–H groups in total. The molecule has 2 rings (SSSR count). The van der Waals surface area contributed by atoms with Crippen LogP contribution in [0.2, 0.25) is 0 Å². The summed E-state index contributed by atoms with van der Waals surface area (Å²) in [5.74, 6) is 0.327. The molecular weight excluding hydrogens is 266 g/mol. The molecule has 2 atom stereocenters. The summed E-state index contributed by atoms with van der Waals surface area (Å²) in [6, 6.07) is 0.847. The first kappa shape index (κ1) is 16.7. The lowest BCUT2D eigenvalue weighted by molar-refractivity contribution is -0.909. The highest BCUT2D eigenvalue weighted by Crippen LogP contribution is 2.21. The zero-order valence-corrected chi connectivity index (χ0v) is 13.8. The Morgan fingerprint density at radius 1 is 1.24 bits per heavy atom. The molecule has 0 unspecified atom stereocenters. The number of quaternary nitrogens is 2. The number of carbonyl (C=O) groups is 1. The van der Waals surface area contributed by atoms with Crippen LogP contribution >= 0.6 is 0 Å². The molecule has 0 radical (unpaired) electrons. The normalized spacial score (nSPS) is 27.8. The molecule has 2 aliphatic rings. The van der Waals surface area contributed by atoms with Crippen molar-refractivity contribution in [2.24, 2.45) is 0 Å². The summed E-state index contributed by atoms with van der Waals surface area (Å²) in [5, 5.41) is 2.19. The molecule has 5 heteroatoms. The highest BCUT2D eigenvalue weighted by Gasteiger charge is 2.29. The average Bonchev–Trinajstić information content (AvgIpc) is 2.48. The Morgan fingerprint density at radius 2 is 1.90 bits per heavy atom. The number of nitrogens with two attached hydrogens (primary N) is 1. The summed E-state index contributed by atoms with van der Waals surface area (Å²) in [7, 11) is 0. The minimum atomic E-state index is 0.327. The largest absolute Gasteiger partial charge is 0.370 e. The Balaban J connectivity index is 1.58. The van der Waals surface area contributed by atoms with E-state index in [1.807, 2.05) is 0 Å². The number of nitrogens with zero attached hydrogens (tertiary/aromatic N) is 1. The van der Waals surface area contributed by atoms with E-state index in [9.17, 15) is 4.79 Å². The molecule has 0 saturated carbocycles. The van der Waals surface area contributed by atoms with Crippen molar-refractivity contribution in [3.8, 4) is 0 Å². The Hall–Kier alpha value is -0.650. The van der Waals surface area contributed by atoms with Gasteiger partial charge in [-0.2, -0.15) is 0 Å². The van der Waals surface area contributed by atoms with E-state index in [0.29, 0.717) is 24.5 Å². The van der Waals surface area contributed by atoms with Gasteiger partial charge in [-0.25, -0.2) is 0 Å². The molecule has 2 saturated heterocycles. The van der Waals surface area contributed by atoms with Gasteiger partial charge in [0.05, 0.1) is 26.3 Å². The molecule has 2 heterocycles. The minimum absolute atomic E-state index is 0.327. The molecule has 122 valence electrons. The van der Waals surface area contributed by atoms with Crippen LogP contribution in [0.4, 0.5) is 0 Å². The number of rotatable bonds is 6. The highest BCUT2D eigenvalue weighted by atomic mass is 16.5. The van der Waals surface area contributed by atoms with Gasteiger partial charge in [0.25, 0.3) is 5.91 Å². The summed E-state index contributed by atoms with van der Waals surface area (Å²) in [6.45, 7) is 11.4. The van der Waals surface area contributed by atoms with Crippen LogP contribution in [0.3, 0.4) is 0 Å². The molecule has 21 heavy (non-hydrogen) atoms. The summed E-state index contributed by atoms with van der Waals surface area (Å²) in [5.41, 5.74) is 0. The number of hydrogen-bond acceptors (Lipinski definition) is 2. The van der Waals surface area contributed by atoms with E-state index in [4.69, 9.17) is 4.74 Å². The van der Waals surface area contributed by atoms with Gasteiger partial charge in [0, 0.05) is 18.5 Å². The molecule has 5 nitrogen and oxygen atoms in total. The maximum absolute atomic E-state index is 12.4. The smallest absolute Gasteiger partial charge is 0.278 e. The van der Waals surface area contributed by atoms with Crippen LogP contribution in [0.15, 0.2) is 0 Å². The van der Waals surface area contributed by atoms with Crippen molar-refractivity contribution in [2.75, 3.05) is 45.9 Å². The third kappa shape index (κ3) is 5.24. The van der Waals surface area contributed by atoms with Crippen LogP contribution in [-0.4, -0.2) is 68.8 Å². The van der Waals surface area contributed by atoms with Crippen LogP contribution in [0.5, 0.6) is 0 Å². The first-order valence-electron chi connectivity index (χ1n) is 8.72. The van der Waals surface area contributed by atoms with Crippen molar-refractivity contribution >= 4 is 5.91 Å². The molecule has 0 bridgehead atoms. The van der Waals surface area contributed by atoms with E-state index in [0.717, 1.165) is 45.7 Å². The number of morpholine rings is 1. The van der Waals surface area contributed by atoms with E-state index in [2.05, 4.69) is 24.1 Å². The molecule has 0 aromatic carbocycles. The van der Waals surface area contributed by atoms with Crippen LogP contribution in [-0.2, 0) is 9.53 Å². The second-order valence-electron chi connectivity index (χ2n) is 6.68. The average molecular weight is 299 g/mol. The fourth-order valence-corrected chi connectivity index (χ4v) is 3.65. The van der Waals surface area contributed by atoms with Crippen LogP contribution in [0.25, 0.3) is 0 Å². The molecule has 1 amide bonds. The fourth-order valence-electron chi connectivity index (χ4n) is 3.65. The fraction of sp³-hybridized carbons (Fsp3) is 0.938. The molecule has 2 aliphatic heterocycles. The molecule has 0 aliphatic carbocycles. The monoisotopic (exact) mass is 299 g/mol. The van der Waals surface area contributed by atoms with Gasteiger partial charge < -0.3 is 19.9 Å². The van der Waals surface area contributed by atoms with Crippen LogP contribution in [0, 0.1) is 0 Å². The molecule has 0 aromatic heterocycles. The number of amides is 1. The quantitative estimate of drug-likeness (QED) is 0.596. The number of likely N-dealkylation sites (tertiary alicyclic amines) is 1. The van der Waals surface area contributed by atoms with Gasteiger partial charge in [-0.15, -0.1) is 0 Å². The minimum Gasteiger partial charge on any atom is -0.370 e. The summed E-state index contributed by atoms with van der Waals surface area (Å²) >= 11 is 0. The van der Waals surface area contributed by atoms with Gasteiger partial charge in [-0.3, -0.25) is 4.79 Å². The summed E-state index contributed by atoms with van der Waals surface area (Å²) in [6.07, 6.45) is 4.78. The van der Waals surface area contributed by atoms with Gasteiger partial charge in [-0.05, 0) is 33.1 Å². The topological polar surface area (TPSA) is 50.6 Å². The van der Waals surface area contributed by atoms with Gasteiger partial charge in [0.1, 0.15) is 13.1 Å². The van der Waals surface area contributed by atoms with Crippen LogP contribution < -0.4 is 10.2 Å². The SMILES string of the molecule is C[C@H]1CCC[C@H](C)N1C(=O)C[NH2+]CCC[NH+]1CCOCC1. The maximum atomic E-state index is 12.4. The Bertz CT molecular complexity index is 309. The lowest BCUT2D eigenvalue weighted by Gasteiger charge is -2.38.